The lowest BCUT2D eigenvalue weighted by Crippen LogP contribution is -2.51. The van der Waals surface area contributed by atoms with Crippen LogP contribution in [-0.2, 0) is 14.8 Å². The van der Waals surface area contributed by atoms with E-state index in [1.807, 2.05) is 6.92 Å². The molecule has 3 rings (SSSR count). The Morgan fingerprint density at radius 3 is 2.16 bits per heavy atom. The first-order valence-corrected chi connectivity index (χ1v) is 13.6. The minimum Gasteiger partial charge on any atom is -0.493 e. The number of sulfonamides is 1. The predicted molar refractivity (Wildman–Crippen MR) is 141 cm³/mol. The molecule has 37 heavy (non-hydrogen) atoms. The number of carbonyl (C=O) groups is 2. The molecule has 1 saturated heterocycles. The molecule has 0 aromatic heterocycles. The molecule has 1 fully saturated rings. The maximum Gasteiger partial charge on any atom is 0.260 e. The molecule has 1 aliphatic heterocycles. The molecule has 1 amide bonds. The molecule has 0 spiro atoms. The van der Waals surface area contributed by atoms with E-state index in [9.17, 15) is 18.0 Å². The van der Waals surface area contributed by atoms with Gasteiger partial charge in [-0.1, -0.05) is 36.7 Å². The van der Waals surface area contributed by atoms with Gasteiger partial charge in [-0.05, 0) is 36.3 Å². The van der Waals surface area contributed by atoms with Gasteiger partial charge >= 0.3 is 0 Å². The van der Waals surface area contributed by atoms with E-state index < -0.39 is 10.0 Å². The number of hydrogen-bond acceptors (Lipinski definition) is 7. The number of carbonyl (C=O) groups excluding carboxylic acids is 2. The van der Waals surface area contributed by atoms with E-state index in [1.165, 1.54) is 53.8 Å². The first-order chi connectivity index (χ1) is 17.5. The zero-order valence-electron chi connectivity index (χ0n) is 20.8. The number of rotatable bonds is 10. The fourth-order valence-corrected chi connectivity index (χ4v) is 5.60. The normalized spacial score (nSPS) is 14.2. The molecule has 0 unspecified atom stereocenters. The Morgan fingerprint density at radius 1 is 0.946 bits per heavy atom. The van der Waals surface area contributed by atoms with Crippen molar-refractivity contribution in [2.75, 3.05) is 47.0 Å². The molecular weight excluding hydrogens is 543 g/mol. The van der Waals surface area contributed by atoms with E-state index in [4.69, 9.17) is 37.4 Å². The molecule has 9 nitrogen and oxygen atoms in total. The van der Waals surface area contributed by atoms with Crippen LogP contribution in [0.5, 0.6) is 17.2 Å². The van der Waals surface area contributed by atoms with Gasteiger partial charge in [0.05, 0.1) is 24.1 Å². The summed E-state index contributed by atoms with van der Waals surface area (Å²) in [6, 6.07) is 7.35. The maximum atomic E-state index is 13.1. The molecule has 200 valence electrons. The highest BCUT2D eigenvalue weighted by molar-refractivity contribution is 7.89. The Morgan fingerprint density at radius 2 is 1.57 bits per heavy atom. The van der Waals surface area contributed by atoms with Gasteiger partial charge in [0.1, 0.15) is 10.8 Å². The minimum atomic E-state index is -3.79. The van der Waals surface area contributed by atoms with Crippen LogP contribution in [0.1, 0.15) is 23.7 Å². The molecule has 1 heterocycles. The van der Waals surface area contributed by atoms with Gasteiger partial charge in [-0.3, -0.25) is 9.59 Å². The third-order valence-corrected chi connectivity index (χ3v) is 8.73. The van der Waals surface area contributed by atoms with Crippen LogP contribution in [-0.4, -0.2) is 76.3 Å². The Hall–Kier alpha value is -2.79. The van der Waals surface area contributed by atoms with Crippen molar-refractivity contribution in [3.05, 3.63) is 58.1 Å². The number of piperazine rings is 1. The van der Waals surface area contributed by atoms with Crippen LogP contribution in [0.4, 0.5) is 0 Å². The molecule has 0 radical (unpaired) electrons. The van der Waals surface area contributed by atoms with Crippen molar-refractivity contribution < 1.29 is 32.2 Å². The summed E-state index contributed by atoms with van der Waals surface area (Å²) < 4.78 is 43.4. The lowest BCUT2D eigenvalue weighted by Gasteiger charge is -2.34. The van der Waals surface area contributed by atoms with Crippen LogP contribution >= 0.6 is 23.2 Å². The molecule has 2 aromatic rings. The summed E-state index contributed by atoms with van der Waals surface area (Å²) in [7, 11) is -0.894. The van der Waals surface area contributed by atoms with E-state index in [2.05, 4.69) is 6.58 Å². The number of benzene rings is 2. The monoisotopic (exact) mass is 570 g/mol. The summed E-state index contributed by atoms with van der Waals surface area (Å²) in [6.07, 6.45) is 0.475. The van der Waals surface area contributed by atoms with Gasteiger partial charge in [-0.2, -0.15) is 4.31 Å². The number of Topliss-reactive ketones (excluding diaryl/α,β-unsaturated/α-hetero) is 1. The Labute approximate surface area is 226 Å². The van der Waals surface area contributed by atoms with Crippen LogP contribution < -0.4 is 14.2 Å². The summed E-state index contributed by atoms with van der Waals surface area (Å²) in [5.74, 6) is 0.244. The molecule has 1 aliphatic rings. The second kappa shape index (κ2) is 12.2. The van der Waals surface area contributed by atoms with Crippen molar-refractivity contribution in [2.24, 2.45) is 0 Å². The summed E-state index contributed by atoms with van der Waals surface area (Å²) >= 11 is 12.5. The van der Waals surface area contributed by atoms with Crippen molar-refractivity contribution in [1.82, 2.24) is 9.21 Å². The molecule has 12 heteroatoms. The highest BCUT2D eigenvalue weighted by Gasteiger charge is 2.31. The van der Waals surface area contributed by atoms with Crippen LogP contribution in [0.2, 0.25) is 10.0 Å². The molecule has 2 aromatic carbocycles. The predicted octanol–water partition coefficient (Wildman–Crippen LogP) is 4.07. The number of allylic oxidation sites excluding steroid dienone is 1. The van der Waals surface area contributed by atoms with Gasteiger partial charge in [0.25, 0.3) is 5.91 Å². The van der Waals surface area contributed by atoms with Crippen LogP contribution in [0.25, 0.3) is 0 Å². The maximum absolute atomic E-state index is 13.1. The van der Waals surface area contributed by atoms with Crippen molar-refractivity contribution in [3.63, 3.8) is 0 Å². The highest BCUT2D eigenvalue weighted by atomic mass is 35.5. The zero-order chi connectivity index (χ0) is 27.3. The lowest BCUT2D eigenvalue weighted by atomic mass is 10.0. The summed E-state index contributed by atoms with van der Waals surface area (Å²) in [4.78, 5) is 26.7. The van der Waals surface area contributed by atoms with Crippen molar-refractivity contribution in [3.8, 4) is 17.2 Å². The Balaban J connectivity index is 1.61. The summed E-state index contributed by atoms with van der Waals surface area (Å²) in [5, 5.41) is 0.0512. The Kier molecular flexibility index (Phi) is 9.46. The topological polar surface area (TPSA) is 102 Å². The number of ether oxygens (including phenoxy) is 3. The average molecular weight is 571 g/mol. The standard InChI is InChI=1S/C25H28Cl2N2O7S/c1-5-16(2)25(31)18-7-9-20(24(27)23(18)26)36-15-22(30)28-10-12-29(13-11-28)37(32,33)17-6-8-19(34-3)21(14-17)35-4/h6-9,14H,2,5,10-13,15H2,1,3-4H3. The average Bonchev–Trinajstić information content (AvgIpc) is 2.92. The zero-order valence-corrected chi connectivity index (χ0v) is 23.1. The summed E-state index contributed by atoms with van der Waals surface area (Å²) in [5.41, 5.74) is 0.609. The SMILES string of the molecule is C=C(CC)C(=O)c1ccc(OCC(=O)N2CCN(S(=O)(=O)c3ccc(OC)c(OC)c3)CC2)c(Cl)c1Cl. The van der Waals surface area contributed by atoms with Gasteiger partial charge < -0.3 is 19.1 Å². The molecule has 0 bridgehead atoms. The summed E-state index contributed by atoms with van der Waals surface area (Å²) in [6.45, 7) is 5.82. The minimum absolute atomic E-state index is 0.0232. The van der Waals surface area contributed by atoms with Crippen LogP contribution in [0.15, 0.2) is 47.4 Å². The van der Waals surface area contributed by atoms with Gasteiger partial charge in [-0.25, -0.2) is 8.42 Å². The van der Waals surface area contributed by atoms with Gasteiger partial charge in [0.15, 0.2) is 23.9 Å². The third kappa shape index (κ3) is 6.20. The molecule has 0 aliphatic carbocycles. The van der Waals surface area contributed by atoms with Crippen molar-refractivity contribution >= 4 is 44.9 Å². The quantitative estimate of drug-likeness (QED) is 0.313. The number of hydrogen-bond donors (Lipinski definition) is 0. The van der Waals surface area contributed by atoms with Gasteiger partial charge in [0, 0.05) is 37.8 Å². The van der Waals surface area contributed by atoms with E-state index in [-0.39, 0.29) is 70.7 Å². The van der Waals surface area contributed by atoms with E-state index in [1.54, 1.807) is 0 Å². The molecule has 0 saturated carbocycles. The first kappa shape index (κ1) is 28.8. The number of ketones is 1. The molecular formula is C25H28Cl2N2O7S. The highest BCUT2D eigenvalue weighted by Crippen LogP contribution is 2.36. The van der Waals surface area contributed by atoms with E-state index in [0.717, 1.165) is 0 Å². The number of halogens is 2. The van der Waals surface area contributed by atoms with Gasteiger partial charge in [0.2, 0.25) is 10.0 Å². The van der Waals surface area contributed by atoms with Crippen molar-refractivity contribution in [1.29, 1.82) is 0 Å². The van der Waals surface area contributed by atoms with Crippen molar-refractivity contribution in [2.45, 2.75) is 18.2 Å². The smallest absolute Gasteiger partial charge is 0.260 e. The van der Waals surface area contributed by atoms with E-state index >= 15 is 0 Å². The fraction of sp³-hybridized carbons (Fsp3) is 0.360. The van der Waals surface area contributed by atoms with Crippen LogP contribution in [0.3, 0.4) is 0 Å². The van der Waals surface area contributed by atoms with Crippen LogP contribution in [0, 0.1) is 0 Å². The Bertz CT molecular complexity index is 1310. The second-order valence-corrected chi connectivity index (χ2v) is 10.8. The first-order valence-electron chi connectivity index (χ1n) is 11.4. The van der Waals surface area contributed by atoms with Gasteiger partial charge in [-0.15, -0.1) is 0 Å². The number of methoxy groups -OCH3 is 2. The number of amides is 1. The molecule has 0 atom stereocenters. The molecule has 0 N–H and O–H groups in total. The largest absolute Gasteiger partial charge is 0.493 e. The fourth-order valence-electron chi connectivity index (χ4n) is 3.70. The van der Waals surface area contributed by atoms with E-state index in [0.29, 0.717) is 23.5 Å². The second-order valence-electron chi connectivity index (χ2n) is 8.12. The number of nitrogens with zero attached hydrogens (tertiary/aromatic N) is 2. The third-order valence-electron chi connectivity index (χ3n) is 5.97. The lowest BCUT2D eigenvalue weighted by molar-refractivity contribution is -0.134.